The lowest BCUT2D eigenvalue weighted by Crippen LogP contribution is -2.36. The van der Waals surface area contributed by atoms with E-state index in [9.17, 15) is 9.59 Å². The molecule has 2 rings (SSSR count). The molecule has 1 aliphatic rings. The van der Waals surface area contributed by atoms with Gasteiger partial charge in [-0.25, -0.2) is 0 Å². The van der Waals surface area contributed by atoms with Gasteiger partial charge >= 0.3 is 5.97 Å². The summed E-state index contributed by atoms with van der Waals surface area (Å²) in [4.78, 5) is 23.8. The Morgan fingerprint density at radius 1 is 1.47 bits per heavy atom. The van der Waals surface area contributed by atoms with Crippen molar-refractivity contribution >= 4 is 11.9 Å². The lowest BCUT2D eigenvalue weighted by Gasteiger charge is -2.18. The van der Waals surface area contributed by atoms with E-state index in [0.717, 1.165) is 5.56 Å². The highest BCUT2D eigenvalue weighted by Gasteiger charge is 2.32. The van der Waals surface area contributed by atoms with Gasteiger partial charge in [-0.2, -0.15) is 0 Å². The smallest absolute Gasteiger partial charge is 0.323 e. The van der Waals surface area contributed by atoms with Gasteiger partial charge in [-0.05, 0) is 6.07 Å². The van der Waals surface area contributed by atoms with Crippen LogP contribution in [0.1, 0.15) is 11.5 Å². The number of fused-ring (bicyclic) bond motifs is 1. The largest absolute Gasteiger partial charge is 0.492 e. The van der Waals surface area contributed by atoms with Crippen LogP contribution in [0.25, 0.3) is 0 Å². The zero-order chi connectivity index (χ0) is 12.4. The topological polar surface area (TPSA) is 66.8 Å². The van der Waals surface area contributed by atoms with Crippen LogP contribution in [0.2, 0.25) is 0 Å². The van der Waals surface area contributed by atoms with Crippen molar-refractivity contribution in [3.8, 4) is 5.75 Å². The SMILES string of the molecule is CN(CC(=O)O)C(=O)C1COc2ccccc21. The van der Waals surface area contributed by atoms with Crippen molar-refractivity contribution < 1.29 is 19.4 Å². The number of amides is 1. The molecule has 0 saturated carbocycles. The molecule has 1 unspecified atom stereocenters. The summed E-state index contributed by atoms with van der Waals surface area (Å²) in [7, 11) is 1.48. The Balaban J connectivity index is 2.15. The number of likely N-dealkylation sites (N-methyl/N-ethyl adjacent to an activating group) is 1. The lowest BCUT2D eigenvalue weighted by molar-refractivity contribution is -0.144. The molecular formula is C12H13NO4. The Hall–Kier alpha value is -2.04. The normalized spacial score (nSPS) is 17.1. The van der Waals surface area contributed by atoms with Crippen LogP contribution in [0.15, 0.2) is 24.3 Å². The molecule has 1 aromatic rings. The molecule has 0 aromatic heterocycles. The number of benzene rings is 1. The van der Waals surface area contributed by atoms with Crippen molar-refractivity contribution in [2.24, 2.45) is 0 Å². The van der Waals surface area contributed by atoms with E-state index >= 15 is 0 Å². The second-order valence-corrected chi connectivity index (χ2v) is 3.99. The summed E-state index contributed by atoms with van der Waals surface area (Å²) in [5.74, 6) is -0.935. The van der Waals surface area contributed by atoms with Gasteiger partial charge in [0.05, 0.1) is 0 Å². The average molecular weight is 235 g/mol. The van der Waals surface area contributed by atoms with Crippen LogP contribution in [0.5, 0.6) is 5.75 Å². The Bertz CT molecular complexity index is 458. The molecule has 1 aromatic carbocycles. The minimum Gasteiger partial charge on any atom is -0.492 e. The maximum atomic E-state index is 12.0. The first-order chi connectivity index (χ1) is 8.09. The zero-order valence-corrected chi connectivity index (χ0v) is 9.42. The molecule has 0 saturated heterocycles. The van der Waals surface area contributed by atoms with Gasteiger partial charge in [-0.1, -0.05) is 18.2 Å². The van der Waals surface area contributed by atoms with E-state index in [4.69, 9.17) is 9.84 Å². The molecule has 0 fully saturated rings. The Kier molecular flexibility index (Phi) is 2.99. The molecule has 0 bridgehead atoms. The summed E-state index contributed by atoms with van der Waals surface area (Å²) < 4.78 is 5.39. The molecule has 1 amide bonds. The van der Waals surface area contributed by atoms with Crippen LogP contribution >= 0.6 is 0 Å². The molecule has 5 heteroatoms. The van der Waals surface area contributed by atoms with Gasteiger partial charge < -0.3 is 14.7 Å². The molecule has 0 aliphatic carbocycles. The lowest BCUT2D eigenvalue weighted by atomic mass is 10.00. The van der Waals surface area contributed by atoms with Crippen LogP contribution in [-0.4, -0.2) is 42.1 Å². The fourth-order valence-corrected chi connectivity index (χ4v) is 1.91. The molecule has 1 N–H and O–H groups in total. The molecule has 1 atom stereocenters. The van der Waals surface area contributed by atoms with Crippen molar-refractivity contribution in [1.82, 2.24) is 4.90 Å². The van der Waals surface area contributed by atoms with E-state index in [2.05, 4.69) is 0 Å². The molecule has 17 heavy (non-hydrogen) atoms. The van der Waals surface area contributed by atoms with E-state index < -0.39 is 11.9 Å². The van der Waals surface area contributed by atoms with Crippen molar-refractivity contribution in [3.63, 3.8) is 0 Å². The Morgan fingerprint density at radius 2 is 2.18 bits per heavy atom. The van der Waals surface area contributed by atoms with Gasteiger partial charge in [0.1, 0.15) is 24.8 Å². The van der Waals surface area contributed by atoms with Crippen molar-refractivity contribution in [2.45, 2.75) is 5.92 Å². The summed E-state index contributed by atoms with van der Waals surface area (Å²) in [5, 5.41) is 8.65. The van der Waals surface area contributed by atoms with Crippen molar-refractivity contribution in [2.75, 3.05) is 20.2 Å². The van der Waals surface area contributed by atoms with Gasteiger partial charge in [0, 0.05) is 12.6 Å². The average Bonchev–Trinajstić information content (AvgIpc) is 2.70. The Labute approximate surface area is 98.6 Å². The minimum atomic E-state index is -1.02. The molecular weight excluding hydrogens is 222 g/mol. The first-order valence-corrected chi connectivity index (χ1v) is 5.28. The van der Waals surface area contributed by atoms with Crippen LogP contribution in [0, 0.1) is 0 Å². The summed E-state index contributed by atoms with van der Waals surface area (Å²) >= 11 is 0. The molecule has 5 nitrogen and oxygen atoms in total. The van der Waals surface area contributed by atoms with Crippen LogP contribution in [-0.2, 0) is 9.59 Å². The summed E-state index contributed by atoms with van der Waals surface area (Å²) in [6.45, 7) is -0.0142. The van der Waals surface area contributed by atoms with E-state index in [0.29, 0.717) is 5.75 Å². The quantitative estimate of drug-likeness (QED) is 0.837. The van der Waals surface area contributed by atoms with Crippen LogP contribution in [0.4, 0.5) is 0 Å². The monoisotopic (exact) mass is 235 g/mol. The summed E-state index contributed by atoms with van der Waals surface area (Å²) in [5.41, 5.74) is 0.828. The highest BCUT2D eigenvalue weighted by molar-refractivity contribution is 5.87. The number of carboxylic acid groups (broad SMARTS) is 1. The maximum Gasteiger partial charge on any atom is 0.323 e. The fourth-order valence-electron chi connectivity index (χ4n) is 1.91. The zero-order valence-electron chi connectivity index (χ0n) is 9.42. The number of ether oxygens (including phenoxy) is 1. The minimum absolute atomic E-state index is 0.225. The Morgan fingerprint density at radius 3 is 2.88 bits per heavy atom. The molecule has 0 radical (unpaired) electrons. The van der Waals surface area contributed by atoms with Crippen molar-refractivity contribution in [3.05, 3.63) is 29.8 Å². The number of carbonyl (C=O) groups excluding carboxylic acids is 1. The number of hydrogen-bond acceptors (Lipinski definition) is 3. The third kappa shape index (κ3) is 2.22. The molecule has 1 heterocycles. The predicted molar refractivity (Wildman–Crippen MR) is 60.0 cm³/mol. The summed E-state index contributed by atoms with van der Waals surface area (Å²) in [6, 6.07) is 7.32. The first-order valence-electron chi connectivity index (χ1n) is 5.28. The number of carbonyl (C=O) groups is 2. The van der Waals surface area contributed by atoms with Gasteiger partial charge in [-0.15, -0.1) is 0 Å². The van der Waals surface area contributed by atoms with E-state index in [1.165, 1.54) is 11.9 Å². The maximum absolute atomic E-state index is 12.0. The molecule has 0 spiro atoms. The number of hydrogen-bond donors (Lipinski definition) is 1. The number of carboxylic acids is 1. The molecule has 90 valence electrons. The van der Waals surface area contributed by atoms with Gasteiger partial charge in [0.25, 0.3) is 0 Å². The van der Waals surface area contributed by atoms with Crippen LogP contribution in [0.3, 0.4) is 0 Å². The van der Waals surface area contributed by atoms with E-state index in [1.54, 1.807) is 6.07 Å². The number of para-hydroxylation sites is 1. The van der Waals surface area contributed by atoms with Crippen LogP contribution < -0.4 is 4.74 Å². The fraction of sp³-hybridized carbons (Fsp3) is 0.333. The predicted octanol–water partition coefficient (Wildman–Crippen LogP) is 0.706. The van der Waals surface area contributed by atoms with Gasteiger partial charge in [0.15, 0.2) is 0 Å². The summed E-state index contributed by atoms with van der Waals surface area (Å²) in [6.07, 6.45) is 0. The third-order valence-electron chi connectivity index (χ3n) is 2.75. The number of aliphatic carboxylic acids is 1. The number of nitrogens with zero attached hydrogens (tertiary/aromatic N) is 1. The third-order valence-corrected chi connectivity index (χ3v) is 2.75. The van der Waals surface area contributed by atoms with E-state index in [-0.39, 0.29) is 19.1 Å². The van der Waals surface area contributed by atoms with Gasteiger partial charge in [0.2, 0.25) is 5.91 Å². The second kappa shape index (κ2) is 4.45. The standard InChI is InChI=1S/C12H13NO4/c1-13(6-11(14)15)12(16)9-7-17-10-5-3-2-4-8(9)10/h2-5,9H,6-7H2,1H3,(H,14,15). The van der Waals surface area contributed by atoms with Gasteiger partial charge in [-0.3, -0.25) is 9.59 Å². The number of rotatable bonds is 3. The van der Waals surface area contributed by atoms with Crippen molar-refractivity contribution in [1.29, 1.82) is 0 Å². The van der Waals surface area contributed by atoms with E-state index in [1.807, 2.05) is 18.2 Å². The highest BCUT2D eigenvalue weighted by Crippen LogP contribution is 2.34. The molecule has 1 aliphatic heterocycles. The second-order valence-electron chi connectivity index (χ2n) is 3.99. The highest BCUT2D eigenvalue weighted by atomic mass is 16.5. The first kappa shape index (κ1) is 11.4.